The van der Waals surface area contributed by atoms with Crippen LogP contribution in [-0.4, -0.2) is 12.6 Å². The first-order valence-electron chi connectivity index (χ1n) is 6.21. The fraction of sp³-hybridized carbons (Fsp3) is 0.462. The molecule has 0 aliphatic rings. The van der Waals surface area contributed by atoms with Crippen molar-refractivity contribution in [3.8, 4) is 0 Å². The van der Waals surface area contributed by atoms with E-state index in [-0.39, 0.29) is 12.1 Å². The number of nitrogens with one attached hydrogen (secondary N) is 2. The van der Waals surface area contributed by atoms with E-state index in [1.165, 1.54) is 0 Å². The van der Waals surface area contributed by atoms with Crippen LogP contribution in [0, 0.1) is 5.82 Å². The number of benzene rings is 1. The van der Waals surface area contributed by atoms with Crippen molar-refractivity contribution < 1.29 is 22.4 Å². The van der Waals surface area contributed by atoms with Crippen LogP contribution >= 0.6 is 0 Å². The van der Waals surface area contributed by atoms with Crippen molar-refractivity contribution in [1.82, 2.24) is 10.6 Å². The second kappa shape index (κ2) is 7.12. The normalized spacial score (nSPS) is 11.2. The van der Waals surface area contributed by atoms with Crippen molar-refractivity contribution >= 4 is 6.03 Å². The summed E-state index contributed by atoms with van der Waals surface area (Å²) >= 11 is 0. The number of carbonyl (C=O) groups is 1. The zero-order valence-electron chi connectivity index (χ0n) is 11.0. The van der Waals surface area contributed by atoms with Gasteiger partial charge in [0.25, 0.3) is 0 Å². The van der Waals surface area contributed by atoms with Gasteiger partial charge in [0.15, 0.2) is 0 Å². The molecule has 112 valence electrons. The minimum Gasteiger partial charge on any atom is -0.338 e. The molecular formula is C13H16F4N2O. The molecule has 0 saturated heterocycles. The number of hydrogen-bond acceptors (Lipinski definition) is 1. The first-order valence-corrected chi connectivity index (χ1v) is 6.21. The zero-order chi connectivity index (χ0) is 15.2. The van der Waals surface area contributed by atoms with Crippen LogP contribution in [0.15, 0.2) is 18.2 Å². The highest BCUT2D eigenvalue weighted by Gasteiger charge is 2.31. The number of alkyl halides is 3. The van der Waals surface area contributed by atoms with Crippen LogP contribution in [0.5, 0.6) is 0 Å². The van der Waals surface area contributed by atoms with E-state index < -0.39 is 23.6 Å². The van der Waals surface area contributed by atoms with Crippen molar-refractivity contribution in [2.24, 2.45) is 0 Å². The molecule has 2 amide bonds. The van der Waals surface area contributed by atoms with Gasteiger partial charge in [0.2, 0.25) is 0 Å². The quantitative estimate of drug-likeness (QED) is 0.633. The van der Waals surface area contributed by atoms with Crippen LogP contribution in [0.25, 0.3) is 0 Å². The van der Waals surface area contributed by atoms with Gasteiger partial charge in [-0.25, -0.2) is 9.18 Å². The van der Waals surface area contributed by atoms with Gasteiger partial charge in [-0.1, -0.05) is 13.3 Å². The SMILES string of the molecule is CCCCNC(=O)NCc1cc(F)cc(C(F)(F)F)c1. The van der Waals surface area contributed by atoms with Crippen molar-refractivity contribution in [3.63, 3.8) is 0 Å². The third-order valence-corrected chi connectivity index (χ3v) is 2.55. The Labute approximate surface area is 114 Å². The van der Waals surface area contributed by atoms with Crippen molar-refractivity contribution in [1.29, 1.82) is 0 Å². The molecule has 0 bridgehead atoms. The van der Waals surface area contributed by atoms with Gasteiger partial charge < -0.3 is 10.6 Å². The number of amides is 2. The van der Waals surface area contributed by atoms with E-state index in [4.69, 9.17) is 0 Å². The minimum atomic E-state index is -4.61. The Morgan fingerprint density at radius 1 is 1.20 bits per heavy atom. The number of urea groups is 1. The predicted octanol–water partition coefficient (Wildman–Crippen LogP) is 3.44. The second-order valence-electron chi connectivity index (χ2n) is 4.31. The monoisotopic (exact) mass is 292 g/mol. The molecule has 0 aromatic heterocycles. The Kier molecular flexibility index (Phi) is 5.79. The van der Waals surface area contributed by atoms with Crippen molar-refractivity contribution in [2.45, 2.75) is 32.5 Å². The average molecular weight is 292 g/mol. The van der Waals surface area contributed by atoms with Crippen LogP contribution < -0.4 is 10.6 Å². The largest absolute Gasteiger partial charge is 0.416 e. The van der Waals surface area contributed by atoms with Crippen molar-refractivity contribution in [2.75, 3.05) is 6.54 Å². The van der Waals surface area contributed by atoms with Crippen LogP contribution in [-0.2, 0) is 12.7 Å². The molecule has 1 aromatic rings. The summed E-state index contributed by atoms with van der Waals surface area (Å²) in [6, 6.07) is 1.71. The number of carbonyl (C=O) groups excluding carboxylic acids is 1. The Hall–Kier alpha value is -1.79. The summed E-state index contributed by atoms with van der Waals surface area (Å²) in [4.78, 5) is 11.3. The third-order valence-electron chi connectivity index (χ3n) is 2.55. The highest BCUT2D eigenvalue weighted by atomic mass is 19.4. The molecule has 0 aliphatic heterocycles. The Morgan fingerprint density at radius 3 is 2.50 bits per heavy atom. The lowest BCUT2D eigenvalue weighted by Crippen LogP contribution is -2.35. The van der Waals surface area contributed by atoms with E-state index in [2.05, 4.69) is 10.6 Å². The minimum absolute atomic E-state index is 0.0583. The lowest BCUT2D eigenvalue weighted by Gasteiger charge is -2.11. The molecule has 0 aliphatic carbocycles. The highest BCUT2D eigenvalue weighted by Crippen LogP contribution is 2.30. The van der Waals surface area contributed by atoms with E-state index in [1.54, 1.807) is 0 Å². The molecule has 0 atom stereocenters. The summed E-state index contributed by atoms with van der Waals surface area (Å²) in [5.74, 6) is -0.983. The smallest absolute Gasteiger partial charge is 0.338 e. The maximum Gasteiger partial charge on any atom is 0.416 e. The fourth-order valence-corrected chi connectivity index (χ4v) is 1.54. The molecule has 0 radical (unpaired) electrons. The zero-order valence-corrected chi connectivity index (χ0v) is 11.0. The summed E-state index contributed by atoms with van der Waals surface area (Å²) in [5.41, 5.74) is -1.01. The average Bonchev–Trinajstić information content (AvgIpc) is 2.35. The molecule has 1 rings (SSSR count). The van der Waals surface area contributed by atoms with Gasteiger partial charge >= 0.3 is 12.2 Å². The Bertz CT molecular complexity index is 460. The first kappa shape index (κ1) is 16.3. The van der Waals surface area contributed by atoms with Crippen LogP contribution in [0.1, 0.15) is 30.9 Å². The molecule has 3 nitrogen and oxygen atoms in total. The van der Waals surface area contributed by atoms with Crippen LogP contribution in [0.4, 0.5) is 22.4 Å². The van der Waals surface area contributed by atoms with Crippen molar-refractivity contribution in [3.05, 3.63) is 35.1 Å². The molecule has 0 spiro atoms. The maximum atomic E-state index is 13.1. The highest BCUT2D eigenvalue weighted by molar-refractivity contribution is 5.73. The lowest BCUT2D eigenvalue weighted by atomic mass is 10.1. The molecule has 0 fully saturated rings. The van der Waals surface area contributed by atoms with Crippen LogP contribution in [0.3, 0.4) is 0 Å². The molecule has 0 saturated carbocycles. The predicted molar refractivity (Wildman–Crippen MR) is 66.5 cm³/mol. The summed E-state index contributed by atoms with van der Waals surface area (Å²) < 4.78 is 50.6. The van der Waals surface area contributed by atoms with Gasteiger partial charge in [-0.15, -0.1) is 0 Å². The summed E-state index contributed by atoms with van der Waals surface area (Å²) in [6.45, 7) is 2.28. The van der Waals surface area contributed by atoms with E-state index in [1.807, 2.05) is 6.92 Å². The number of rotatable bonds is 5. The third kappa shape index (κ3) is 5.46. The maximum absolute atomic E-state index is 13.1. The van der Waals surface area contributed by atoms with Gasteiger partial charge in [-0.2, -0.15) is 13.2 Å². The Morgan fingerprint density at radius 2 is 1.90 bits per heavy atom. The topological polar surface area (TPSA) is 41.1 Å². The van der Waals surface area contributed by atoms with E-state index >= 15 is 0 Å². The van der Waals surface area contributed by atoms with Gasteiger partial charge in [0, 0.05) is 13.1 Å². The number of halogens is 4. The van der Waals surface area contributed by atoms with E-state index in [9.17, 15) is 22.4 Å². The number of unbranched alkanes of at least 4 members (excludes halogenated alkanes) is 1. The first-order chi connectivity index (χ1) is 9.32. The van der Waals surface area contributed by atoms with Gasteiger partial charge in [0.1, 0.15) is 5.82 Å². The standard InChI is InChI=1S/C13H16F4N2O/c1-2-3-4-18-12(20)19-8-9-5-10(13(15,16)17)7-11(14)6-9/h5-7H,2-4,8H2,1H3,(H2,18,19,20). The summed E-state index contributed by atoms with van der Waals surface area (Å²) in [7, 11) is 0. The molecule has 7 heteroatoms. The summed E-state index contributed by atoms with van der Waals surface area (Å²) in [6.07, 6.45) is -2.88. The summed E-state index contributed by atoms with van der Waals surface area (Å²) in [5, 5.41) is 4.93. The molecule has 20 heavy (non-hydrogen) atoms. The fourth-order valence-electron chi connectivity index (χ4n) is 1.54. The second-order valence-corrected chi connectivity index (χ2v) is 4.31. The van der Waals surface area contributed by atoms with Crippen LogP contribution in [0.2, 0.25) is 0 Å². The van der Waals surface area contributed by atoms with Gasteiger partial charge in [0.05, 0.1) is 5.56 Å². The Balaban J connectivity index is 2.60. The van der Waals surface area contributed by atoms with Gasteiger partial charge in [-0.3, -0.25) is 0 Å². The van der Waals surface area contributed by atoms with E-state index in [0.29, 0.717) is 12.6 Å². The van der Waals surface area contributed by atoms with E-state index in [0.717, 1.165) is 25.0 Å². The molecule has 0 unspecified atom stereocenters. The number of hydrogen-bond donors (Lipinski definition) is 2. The molecule has 0 heterocycles. The molecule has 2 N–H and O–H groups in total. The lowest BCUT2D eigenvalue weighted by molar-refractivity contribution is -0.137. The molecular weight excluding hydrogens is 276 g/mol. The van der Waals surface area contributed by atoms with Gasteiger partial charge in [-0.05, 0) is 30.2 Å². The molecule has 1 aromatic carbocycles.